The fraction of sp³-hybridized carbons (Fsp3) is 0.929. The minimum Gasteiger partial charge on any atom is -0.481 e. The summed E-state index contributed by atoms with van der Waals surface area (Å²) in [7, 11) is 0. The predicted molar refractivity (Wildman–Crippen MR) is 68.0 cm³/mol. The molecule has 0 unspecified atom stereocenters. The van der Waals surface area contributed by atoms with Crippen molar-refractivity contribution in [2.24, 2.45) is 5.92 Å². The van der Waals surface area contributed by atoms with Crippen LogP contribution in [0.4, 0.5) is 0 Å². The molecule has 1 saturated heterocycles. The fourth-order valence-electron chi connectivity index (χ4n) is 3.78. The molecule has 3 heteroatoms. The average Bonchev–Trinajstić information content (AvgIpc) is 2.29. The second-order valence-electron chi connectivity index (χ2n) is 5.92. The van der Waals surface area contributed by atoms with E-state index in [0.717, 1.165) is 25.7 Å². The molecular formula is C14H25NO2. The van der Waals surface area contributed by atoms with Gasteiger partial charge in [0.15, 0.2) is 0 Å². The number of aliphatic carboxylic acids is 1. The summed E-state index contributed by atoms with van der Waals surface area (Å²) in [6, 6.07) is 2.01. The van der Waals surface area contributed by atoms with Crippen LogP contribution in [0.15, 0.2) is 0 Å². The molecule has 1 saturated carbocycles. The molecule has 3 nitrogen and oxygen atoms in total. The van der Waals surface area contributed by atoms with Crippen LogP contribution in [0.25, 0.3) is 0 Å². The van der Waals surface area contributed by atoms with Crippen molar-refractivity contribution in [3.05, 3.63) is 0 Å². The largest absolute Gasteiger partial charge is 0.481 e. The number of piperidine rings is 1. The molecule has 0 aromatic heterocycles. The highest BCUT2D eigenvalue weighted by atomic mass is 16.4. The van der Waals surface area contributed by atoms with Crippen molar-refractivity contribution in [2.75, 3.05) is 0 Å². The minimum absolute atomic E-state index is 0.0818. The standard InChI is InChI=1S/C14H25NO2/c1-10-4-3-5-11(2)15(10)13-8-6-12(7-9-13)14(16)17/h10-13H,3-9H2,1-2H3,(H,16,17)/t10-,11+,12?,13?. The first kappa shape index (κ1) is 12.9. The van der Waals surface area contributed by atoms with E-state index in [-0.39, 0.29) is 5.92 Å². The van der Waals surface area contributed by atoms with E-state index in [9.17, 15) is 4.79 Å². The molecule has 1 heterocycles. The van der Waals surface area contributed by atoms with Crippen molar-refractivity contribution >= 4 is 5.97 Å². The Hall–Kier alpha value is -0.570. The van der Waals surface area contributed by atoms with Gasteiger partial charge in [-0.15, -0.1) is 0 Å². The fourth-order valence-corrected chi connectivity index (χ4v) is 3.78. The Balaban J connectivity index is 1.92. The molecule has 2 rings (SSSR count). The SMILES string of the molecule is C[C@@H]1CCC[C@H](C)N1C1CCC(C(=O)O)CC1. The zero-order chi connectivity index (χ0) is 12.4. The monoisotopic (exact) mass is 239 g/mol. The highest BCUT2D eigenvalue weighted by molar-refractivity contribution is 5.70. The topological polar surface area (TPSA) is 40.5 Å². The van der Waals surface area contributed by atoms with E-state index in [1.165, 1.54) is 19.3 Å². The van der Waals surface area contributed by atoms with Gasteiger partial charge in [-0.3, -0.25) is 9.69 Å². The van der Waals surface area contributed by atoms with E-state index < -0.39 is 5.97 Å². The van der Waals surface area contributed by atoms with Crippen LogP contribution in [0.5, 0.6) is 0 Å². The summed E-state index contributed by atoms with van der Waals surface area (Å²) < 4.78 is 0. The molecule has 0 spiro atoms. The number of carbonyl (C=O) groups is 1. The van der Waals surface area contributed by atoms with Gasteiger partial charge in [-0.05, 0) is 52.4 Å². The number of hydrogen-bond donors (Lipinski definition) is 1. The first-order valence-electron chi connectivity index (χ1n) is 7.10. The Kier molecular flexibility index (Phi) is 4.08. The van der Waals surface area contributed by atoms with Crippen molar-refractivity contribution in [1.82, 2.24) is 4.90 Å². The number of nitrogens with zero attached hydrogens (tertiary/aromatic N) is 1. The number of rotatable bonds is 2. The van der Waals surface area contributed by atoms with Gasteiger partial charge in [0.25, 0.3) is 0 Å². The quantitative estimate of drug-likeness (QED) is 0.805. The molecule has 2 fully saturated rings. The summed E-state index contributed by atoms with van der Waals surface area (Å²) in [4.78, 5) is 13.6. The number of hydrogen-bond acceptors (Lipinski definition) is 2. The molecule has 0 aromatic rings. The van der Waals surface area contributed by atoms with E-state index in [2.05, 4.69) is 18.7 Å². The lowest BCUT2D eigenvalue weighted by atomic mass is 9.83. The lowest BCUT2D eigenvalue weighted by Crippen LogP contribution is -2.51. The van der Waals surface area contributed by atoms with Crippen LogP contribution in [0.2, 0.25) is 0 Å². The second kappa shape index (κ2) is 5.38. The van der Waals surface area contributed by atoms with Crippen molar-refractivity contribution in [3.63, 3.8) is 0 Å². The van der Waals surface area contributed by atoms with Gasteiger partial charge in [-0.2, -0.15) is 0 Å². The number of carboxylic acids is 1. The molecule has 1 N–H and O–H groups in total. The smallest absolute Gasteiger partial charge is 0.306 e. The van der Waals surface area contributed by atoms with E-state index in [1.807, 2.05) is 0 Å². The van der Waals surface area contributed by atoms with Crippen LogP contribution >= 0.6 is 0 Å². The first-order valence-corrected chi connectivity index (χ1v) is 7.10. The van der Waals surface area contributed by atoms with E-state index in [0.29, 0.717) is 18.1 Å². The summed E-state index contributed by atoms with van der Waals surface area (Å²) in [6.07, 6.45) is 7.86. The summed E-state index contributed by atoms with van der Waals surface area (Å²) >= 11 is 0. The maximum absolute atomic E-state index is 11.0. The molecule has 0 radical (unpaired) electrons. The Morgan fingerprint density at radius 2 is 1.53 bits per heavy atom. The second-order valence-corrected chi connectivity index (χ2v) is 5.92. The van der Waals surface area contributed by atoms with Crippen molar-refractivity contribution in [1.29, 1.82) is 0 Å². The van der Waals surface area contributed by atoms with Crippen molar-refractivity contribution in [3.8, 4) is 0 Å². The summed E-state index contributed by atoms with van der Waals surface area (Å²) in [5.41, 5.74) is 0. The zero-order valence-corrected chi connectivity index (χ0v) is 11.1. The molecule has 17 heavy (non-hydrogen) atoms. The lowest BCUT2D eigenvalue weighted by Gasteiger charge is -2.46. The van der Waals surface area contributed by atoms with Gasteiger partial charge < -0.3 is 5.11 Å². The molecule has 1 aliphatic carbocycles. The summed E-state index contributed by atoms with van der Waals surface area (Å²) in [5, 5.41) is 9.03. The molecule has 1 aliphatic heterocycles. The molecule has 98 valence electrons. The summed E-state index contributed by atoms with van der Waals surface area (Å²) in [6.45, 7) is 4.66. The van der Waals surface area contributed by atoms with Crippen LogP contribution in [-0.4, -0.2) is 34.1 Å². The van der Waals surface area contributed by atoms with Gasteiger partial charge in [0.05, 0.1) is 5.92 Å². The van der Waals surface area contributed by atoms with Gasteiger partial charge in [-0.25, -0.2) is 0 Å². The van der Waals surface area contributed by atoms with Crippen molar-refractivity contribution < 1.29 is 9.90 Å². The first-order chi connectivity index (χ1) is 8.09. The summed E-state index contributed by atoms with van der Waals surface area (Å²) in [5.74, 6) is -0.676. The maximum atomic E-state index is 11.0. The highest BCUT2D eigenvalue weighted by Crippen LogP contribution is 2.33. The van der Waals surface area contributed by atoms with Gasteiger partial charge in [0.1, 0.15) is 0 Å². The van der Waals surface area contributed by atoms with Gasteiger partial charge >= 0.3 is 5.97 Å². The van der Waals surface area contributed by atoms with E-state index in [1.54, 1.807) is 0 Å². The third-order valence-electron chi connectivity index (χ3n) is 4.73. The van der Waals surface area contributed by atoms with E-state index >= 15 is 0 Å². The predicted octanol–water partition coefficient (Wildman–Crippen LogP) is 2.89. The minimum atomic E-state index is -0.594. The number of likely N-dealkylation sites (tertiary alicyclic amines) is 1. The zero-order valence-electron chi connectivity index (χ0n) is 11.1. The Bertz CT molecular complexity index is 261. The van der Waals surface area contributed by atoms with Crippen LogP contribution in [0.1, 0.15) is 58.8 Å². The van der Waals surface area contributed by atoms with Crippen LogP contribution < -0.4 is 0 Å². The lowest BCUT2D eigenvalue weighted by molar-refractivity contribution is -0.143. The molecule has 2 atom stereocenters. The Morgan fingerprint density at radius 1 is 1.00 bits per heavy atom. The number of carboxylic acid groups (broad SMARTS) is 1. The molecule has 0 amide bonds. The molecule has 0 bridgehead atoms. The Morgan fingerprint density at radius 3 is 2.00 bits per heavy atom. The normalized spacial score (nSPS) is 40.1. The average molecular weight is 239 g/mol. The van der Waals surface area contributed by atoms with Crippen molar-refractivity contribution in [2.45, 2.75) is 76.9 Å². The van der Waals surface area contributed by atoms with Gasteiger partial charge in [0.2, 0.25) is 0 Å². The van der Waals surface area contributed by atoms with Gasteiger partial charge in [0, 0.05) is 18.1 Å². The molecular weight excluding hydrogens is 214 g/mol. The molecule has 0 aromatic carbocycles. The maximum Gasteiger partial charge on any atom is 0.306 e. The molecule has 2 aliphatic rings. The third kappa shape index (κ3) is 2.82. The van der Waals surface area contributed by atoms with Gasteiger partial charge in [-0.1, -0.05) is 6.42 Å². The van der Waals surface area contributed by atoms with E-state index in [4.69, 9.17) is 5.11 Å². The van der Waals surface area contributed by atoms with Crippen LogP contribution in [-0.2, 0) is 4.79 Å². The third-order valence-corrected chi connectivity index (χ3v) is 4.73. The van der Waals surface area contributed by atoms with Crippen LogP contribution in [0.3, 0.4) is 0 Å². The van der Waals surface area contributed by atoms with Crippen LogP contribution in [0, 0.1) is 5.92 Å². The Labute approximate surface area is 104 Å². The highest BCUT2D eigenvalue weighted by Gasteiger charge is 2.34.